The third kappa shape index (κ3) is 2.96. The SMILES string of the molecule is OP(=S)(Sc1ccccc1)c1ccccc1. The molecule has 1 nitrogen and oxygen atoms in total. The van der Waals surface area contributed by atoms with Crippen LogP contribution in [-0.2, 0) is 11.8 Å². The zero-order valence-corrected chi connectivity index (χ0v) is 11.0. The van der Waals surface area contributed by atoms with Crippen molar-refractivity contribution in [3.05, 3.63) is 60.7 Å². The quantitative estimate of drug-likeness (QED) is 0.860. The van der Waals surface area contributed by atoms with E-state index in [2.05, 4.69) is 0 Å². The maximum Gasteiger partial charge on any atom is 0.150 e. The number of benzene rings is 2. The van der Waals surface area contributed by atoms with Crippen LogP contribution in [-0.4, -0.2) is 4.89 Å². The Labute approximate surface area is 104 Å². The van der Waals surface area contributed by atoms with Crippen molar-refractivity contribution in [3.63, 3.8) is 0 Å². The summed E-state index contributed by atoms with van der Waals surface area (Å²) in [5.41, 5.74) is -2.52. The van der Waals surface area contributed by atoms with Gasteiger partial charge in [0.2, 0.25) is 0 Å². The molecule has 0 saturated heterocycles. The molecule has 0 heterocycles. The van der Waals surface area contributed by atoms with Gasteiger partial charge in [0.1, 0.15) is 0 Å². The zero-order chi connectivity index (χ0) is 11.4. The van der Waals surface area contributed by atoms with Crippen LogP contribution in [0.1, 0.15) is 0 Å². The van der Waals surface area contributed by atoms with E-state index in [1.165, 1.54) is 11.4 Å². The Balaban J connectivity index is 2.25. The van der Waals surface area contributed by atoms with Crippen LogP contribution in [0, 0.1) is 0 Å². The van der Waals surface area contributed by atoms with Crippen LogP contribution >= 0.6 is 16.8 Å². The fraction of sp³-hybridized carbons (Fsp3) is 0. The molecule has 1 atom stereocenters. The predicted octanol–water partition coefficient (Wildman–Crippen LogP) is 3.41. The summed E-state index contributed by atoms with van der Waals surface area (Å²) in [6, 6.07) is 19.3. The fourth-order valence-corrected chi connectivity index (χ4v) is 5.56. The summed E-state index contributed by atoms with van der Waals surface area (Å²) in [6.07, 6.45) is 0. The summed E-state index contributed by atoms with van der Waals surface area (Å²) in [6.45, 7) is 0. The maximum absolute atomic E-state index is 10.3. The first-order valence-corrected chi connectivity index (χ1v) is 8.99. The number of hydrogen-bond donors (Lipinski definition) is 1. The van der Waals surface area contributed by atoms with Gasteiger partial charge in [-0.15, -0.1) is 0 Å². The first-order chi connectivity index (χ1) is 7.68. The molecule has 0 aliphatic heterocycles. The van der Waals surface area contributed by atoms with Gasteiger partial charge in [0, 0.05) is 10.2 Å². The Morgan fingerprint density at radius 2 is 1.38 bits per heavy atom. The van der Waals surface area contributed by atoms with Gasteiger partial charge in [-0.3, -0.25) is 0 Å². The smallest absolute Gasteiger partial charge is 0.150 e. The second-order valence-corrected chi connectivity index (χ2v) is 9.88. The Hall–Kier alpha value is -0.600. The van der Waals surface area contributed by atoms with Crippen molar-refractivity contribution in [2.45, 2.75) is 4.90 Å². The number of rotatable bonds is 3. The predicted molar refractivity (Wildman–Crippen MR) is 74.9 cm³/mol. The van der Waals surface area contributed by atoms with Crippen molar-refractivity contribution in [2.75, 3.05) is 0 Å². The van der Waals surface area contributed by atoms with E-state index in [1.807, 2.05) is 60.7 Å². The Bertz CT molecular complexity index is 499. The molecule has 0 bridgehead atoms. The van der Waals surface area contributed by atoms with Gasteiger partial charge < -0.3 is 4.89 Å². The molecule has 82 valence electrons. The molecule has 0 spiro atoms. The van der Waals surface area contributed by atoms with Crippen molar-refractivity contribution in [3.8, 4) is 0 Å². The highest BCUT2D eigenvalue weighted by atomic mass is 32.9. The first kappa shape index (κ1) is 11.9. The first-order valence-electron chi connectivity index (χ1n) is 4.81. The van der Waals surface area contributed by atoms with Gasteiger partial charge in [0.15, 0.2) is 5.47 Å². The van der Waals surface area contributed by atoms with Crippen molar-refractivity contribution < 1.29 is 4.89 Å². The minimum atomic E-state index is -2.52. The number of hydrogen-bond acceptors (Lipinski definition) is 2. The summed E-state index contributed by atoms with van der Waals surface area (Å²) in [7, 11) is 0. The summed E-state index contributed by atoms with van der Waals surface area (Å²) < 4.78 is 0. The third-order valence-corrected chi connectivity index (χ3v) is 7.05. The molecule has 2 rings (SSSR count). The van der Waals surface area contributed by atoms with Crippen molar-refractivity contribution in [2.24, 2.45) is 0 Å². The average Bonchev–Trinajstić information content (AvgIpc) is 2.31. The van der Waals surface area contributed by atoms with Gasteiger partial charge in [0.05, 0.1) is 0 Å². The molecule has 1 unspecified atom stereocenters. The zero-order valence-electron chi connectivity index (χ0n) is 8.48. The molecule has 0 saturated carbocycles. The van der Waals surface area contributed by atoms with Gasteiger partial charge in [0.25, 0.3) is 0 Å². The van der Waals surface area contributed by atoms with Crippen LogP contribution < -0.4 is 5.30 Å². The molecule has 0 aliphatic rings. The highest BCUT2D eigenvalue weighted by Gasteiger charge is 2.16. The highest BCUT2D eigenvalue weighted by Crippen LogP contribution is 2.57. The van der Waals surface area contributed by atoms with Crippen LogP contribution in [0.4, 0.5) is 0 Å². The lowest BCUT2D eigenvalue weighted by Gasteiger charge is -2.14. The lowest BCUT2D eigenvalue weighted by molar-refractivity contribution is 0.648. The average molecular weight is 266 g/mol. The molecule has 4 heteroatoms. The largest absolute Gasteiger partial charge is 0.354 e. The molecule has 0 aliphatic carbocycles. The fourth-order valence-electron chi connectivity index (χ4n) is 1.29. The lowest BCUT2D eigenvalue weighted by Crippen LogP contribution is -1.99. The van der Waals surface area contributed by atoms with E-state index in [-0.39, 0.29) is 0 Å². The molecule has 2 aromatic rings. The van der Waals surface area contributed by atoms with Gasteiger partial charge in [-0.1, -0.05) is 71.7 Å². The minimum absolute atomic E-state index is 0.846. The van der Waals surface area contributed by atoms with E-state index in [1.54, 1.807) is 0 Å². The van der Waals surface area contributed by atoms with Gasteiger partial charge >= 0.3 is 0 Å². The Morgan fingerprint density at radius 3 is 1.94 bits per heavy atom. The molecule has 0 fully saturated rings. The lowest BCUT2D eigenvalue weighted by atomic mass is 10.4. The van der Waals surface area contributed by atoms with Gasteiger partial charge in [-0.2, -0.15) is 0 Å². The van der Waals surface area contributed by atoms with E-state index >= 15 is 0 Å². The Kier molecular flexibility index (Phi) is 3.82. The van der Waals surface area contributed by atoms with Crippen LogP contribution in [0.25, 0.3) is 0 Å². The standard InChI is InChI=1S/C12H11OPS2/c13-14(15,11-7-3-1-4-8-11)16-12-9-5-2-6-10-12/h1-10H,(H,13,15). The molecule has 0 amide bonds. The van der Waals surface area contributed by atoms with Crippen molar-refractivity contribution >= 4 is 34.0 Å². The van der Waals surface area contributed by atoms with Crippen LogP contribution in [0.2, 0.25) is 0 Å². The third-order valence-electron chi connectivity index (χ3n) is 2.05. The van der Waals surface area contributed by atoms with E-state index in [4.69, 9.17) is 11.8 Å². The highest BCUT2D eigenvalue weighted by molar-refractivity contribution is 8.71. The van der Waals surface area contributed by atoms with Gasteiger partial charge in [-0.05, 0) is 12.1 Å². The second kappa shape index (κ2) is 5.15. The topological polar surface area (TPSA) is 20.2 Å². The normalized spacial score (nSPS) is 14.3. The molecule has 1 N–H and O–H groups in total. The van der Waals surface area contributed by atoms with Crippen LogP contribution in [0.5, 0.6) is 0 Å². The summed E-state index contributed by atoms with van der Waals surface area (Å²) in [4.78, 5) is 11.3. The molecular formula is C12H11OPS2. The van der Waals surface area contributed by atoms with Gasteiger partial charge in [-0.25, -0.2) is 0 Å². The van der Waals surface area contributed by atoms with E-state index in [0.29, 0.717) is 0 Å². The summed E-state index contributed by atoms with van der Waals surface area (Å²) in [5, 5.41) is 0.846. The van der Waals surface area contributed by atoms with Crippen LogP contribution in [0.3, 0.4) is 0 Å². The molecule has 0 radical (unpaired) electrons. The van der Waals surface area contributed by atoms with E-state index < -0.39 is 5.47 Å². The van der Waals surface area contributed by atoms with Crippen molar-refractivity contribution in [1.82, 2.24) is 0 Å². The van der Waals surface area contributed by atoms with Crippen molar-refractivity contribution in [1.29, 1.82) is 0 Å². The minimum Gasteiger partial charge on any atom is -0.354 e. The second-order valence-electron chi connectivity index (χ2n) is 3.26. The summed E-state index contributed by atoms with van der Waals surface area (Å²) in [5.74, 6) is 0. The molecule has 0 aromatic heterocycles. The molecular weight excluding hydrogens is 255 g/mol. The summed E-state index contributed by atoms with van der Waals surface area (Å²) >= 11 is 6.70. The maximum atomic E-state index is 10.3. The van der Waals surface area contributed by atoms with Crippen LogP contribution in [0.15, 0.2) is 65.6 Å². The van der Waals surface area contributed by atoms with E-state index in [9.17, 15) is 4.89 Å². The van der Waals surface area contributed by atoms with E-state index in [0.717, 1.165) is 10.2 Å². The Morgan fingerprint density at radius 1 is 0.875 bits per heavy atom. The monoisotopic (exact) mass is 266 g/mol. The molecule has 2 aromatic carbocycles. The molecule has 16 heavy (non-hydrogen) atoms.